The Labute approximate surface area is 168 Å². The standard InChI is InChI=1S/C22H20N2O3S/c25-21(15-27-19-11-5-2-6-12-19)24-18-10-7-13-20(14-18)28-16-22(26)23-17-8-3-1-4-9-17/h1-14H,15-16H2,(H,23,26)(H,24,25). The molecule has 0 radical (unpaired) electrons. The number of benzene rings is 3. The summed E-state index contributed by atoms with van der Waals surface area (Å²) in [6.07, 6.45) is 0. The molecule has 3 rings (SSSR count). The van der Waals surface area contributed by atoms with Gasteiger partial charge in [-0.2, -0.15) is 0 Å². The number of hydrogen-bond donors (Lipinski definition) is 2. The molecule has 0 fully saturated rings. The van der Waals surface area contributed by atoms with E-state index in [2.05, 4.69) is 10.6 Å². The third-order valence-corrected chi connectivity index (χ3v) is 4.65. The number of carbonyl (C=O) groups is 2. The summed E-state index contributed by atoms with van der Waals surface area (Å²) in [5, 5.41) is 5.65. The van der Waals surface area contributed by atoms with Crippen LogP contribution in [-0.4, -0.2) is 24.2 Å². The molecule has 0 heterocycles. The average Bonchev–Trinajstić information content (AvgIpc) is 2.73. The van der Waals surface area contributed by atoms with Crippen LogP contribution in [-0.2, 0) is 9.59 Å². The molecule has 0 aliphatic carbocycles. The number of nitrogens with one attached hydrogen (secondary N) is 2. The molecule has 0 aromatic heterocycles. The molecule has 0 bridgehead atoms. The van der Waals surface area contributed by atoms with Gasteiger partial charge in [0, 0.05) is 16.3 Å². The first kappa shape index (κ1) is 19.5. The van der Waals surface area contributed by atoms with Gasteiger partial charge in [-0.15, -0.1) is 11.8 Å². The number of amides is 2. The topological polar surface area (TPSA) is 67.4 Å². The number of rotatable bonds is 8. The molecular formula is C22H20N2O3S. The average molecular weight is 392 g/mol. The van der Waals surface area contributed by atoms with Crippen LogP contribution in [0.15, 0.2) is 89.8 Å². The lowest BCUT2D eigenvalue weighted by molar-refractivity contribution is -0.118. The summed E-state index contributed by atoms with van der Waals surface area (Å²) in [4.78, 5) is 25.0. The molecule has 142 valence electrons. The summed E-state index contributed by atoms with van der Waals surface area (Å²) in [6.45, 7) is -0.0686. The van der Waals surface area contributed by atoms with Crippen molar-refractivity contribution in [1.29, 1.82) is 0 Å². The Bertz CT molecular complexity index is 917. The van der Waals surface area contributed by atoms with Crippen LogP contribution < -0.4 is 15.4 Å². The van der Waals surface area contributed by atoms with Gasteiger partial charge >= 0.3 is 0 Å². The van der Waals surface area contributed by atoms with E-state index in [1.807, 2.05) is 66.7 Å². The second-order valence-corrected chi connectivity index (χ2v) is 6.93. The van der Waals surface area contributed by atoms with Crippen LogP contribution in [0.2, 0.25) is 0 Å². The van der Waals surface area contributed by atoms with E-state index in [9.17, 15) is 9.59 Å². The second kappa shape index (κ2) is 10.2. The van der Waals surface area contributed by atoms with Crippen molar-refractivity contribution in [2.75, 3.05) is 23.0 Å². The highest BCUT2D eigenvalue weighted by molar-refractivity contribution is 8.00. The fourth-order valence-electron chi connectivity index (χ4n) is 2.39. The van der Waals surface area contributed by atoms with E-state index < -0.39 is 0 Å². The van der Waals surface area contributed by atoms with E-state index in [-0.39, 0.29) is 24.2 Å². The summed E-state index contributed by atoms with van der Waals surface area (Å²) in [5.41, 5.74) is 1.43. The van der Waals surface area contributed by atoms with Gasteiger partial charge in [0.05, 0.1) is 5.75 Å². The molecule has 0 unspecified atom stereocenters. The molecule has 2 amide bonds. The van der Waals surface area contributed by atoms with E-state index in [0.717, 1.165) is 10.6 Å². The SMILES string of the molecule is O=C(COc1ccccc1)Nc1cccc(SCC(=O)Nc2ccccc2)c1. The summed E-state index contributed by atoms with van der Waals surface area (Å²) in [7, 11) is 0. The monoisotopic (exact) mass is 392 g/mol. The normalized spacial score (nSPS) is 10.1. The van der Waals surface area contributed by atoms with Gasteiger partial charge in [0.2, 0.25) is 5.91 Å². The van der Waals surface area contributed by atoms with Crippen molar-refractivity contribution < 1.29 is 14.3 Å². The Kier molecular flexibility index (Phi) is 7.09. The van der Waals surface area contributed by atoms with Gasteiger partial charge in [-0.1, -0.05) is 42.5 Å². The second-order valence-electron chi connectivity index (χ2n) is 5.88. The van der Waals surface area contributed by atoms with Gasteiger partial charge in [-0.25, -0.2) is 0 Å². The van der Waals surface area contributed by atoms with Crippen LogP contribution in [0, 0.1) is 0 Å². The molecule has 0 aliphatic heterocycles. The summed E-state index contributed by atoms with van der Waals surface area (Å²) in [5.74, 6) is 0.602. The zero-order chi connectivity index (χ0) is 19.6. The Morgan fingerprint density at radius 2 is 1.39 bits per heavy atom. The third-order valence-electron chi connectivity index (χ3n) is 3.66. The Morgan fingerprint density at radius 1 is 0.750 bits per heavy atom. The minimum atomic E-state index is -0.243. The van der Waals surface area contributed by atoms with Gasteiger partial charge in [-0.05, 0) is 42.5 Å². The zero-order valence-electron chi connectivity index (χ0n) is 15.1. The van der Waals surface area contributed by atoms with Gasteiger partial charge in [0.1, 0.15) is 5.75 Å². The molecule has 0 saturated carbocycles. The smallest absolute Gasteiger partial charge is 0.262 e. The van der Waals surface area contributed by atoms with Crippen molar-refractivity contribution in [3.05, 3.63) is 84.9 Å². The molecule has 0 atom stereocenters. The highest BCUT2D eigenvalue weighted by Gasteiger charge is 2.07. The molecule has 5 nitrogen and oxygen atoms in total. The van der Waals surface area contributed by atoms with Crippen LogP contribution in [0.1, 0.15) is 0 Å². The molecule has 3 aromatic carbocycles. The number of ether oxygens (including phenoxy) is 1. The minimum Gasteiger partial charge on any atom is -0.484 e. The highest BCUT2D eigenvalue weighted by Crippen LogP contribution is 2.22. The van der Waals surface area contributed by atoms with Gasteiger partial charge in [0.25, 0.3) is 5.91 Å². The van der Waals surface area contributed by atoms with Crippen molar-refractivity contribution in [3.63, 3.8) is 0 Å². The molecule has 6 heteroatoms. The number of carbonyl (C=O) groups excluding carboxylic acids is 2. The summed E-state index contributed by atoms with van der Waals surface area (Å²) in [6, 6.07) is 25.9. The van der Waals surface area contributed by atoms with Crippen molar-refractivity contribution in [2.24, 2.45) is 0 Å². The lowest BCUT2D eigenvalue weighted by atomic mass is 10.3. The first-order valence-electron chi connectivity index (χ1n) is 8.74. The zero-order valence-corrected chi connectivity index (χ0v) is 15.9. The number of hydrogen-bond acceptors (Lipinski definition) is 4. The van der Waals surface area contributed by atoms with E-state index in [4.69, 9.17) is 4.74 Å². The predicted molar refractivity (Wildman–Crippen MR) is 113 cm³/mol. The third kappa shape index (κ3) is 6.48. The molecule has 0 spiro atoms. The lowest BCUT2D eigenvalue weighted by Crippen LogP contribution is -2.20. The van der Waals surface area contributed by atoms with Gasteiger partial charge in [-0.3, -0.25) is 9.59 Å². The predicted octanol–water partition coefficient (Wildman–Crippen LogP) is 4.43. The Balaban J connectivity index is 1.46. The molecular weight excluding hydrogens is 372 g/mol. The lowest BCUT2D eigenvalue weighted by Gasteiger charge is -2.09. The van der Waals surface area contributed by atoms with E-state index in [1.165, 1.54) is 11.8 Å². The van der Waals surface area contributed by atoms with Crippen molar-refractivity contribution >= 4 is 35.0 Å². The van der Waals surface area contributed by atoms with Crippen LogP contribution in [0.5, 0.6) is 5.75 Å². The van der Waals surface area contributed by atoms with Crippen LogP contribution in [0.4, 0.5) is 11.4 Å². The maximum absolute atomic E-state index is 12.1. The maximum Gasteiger partial charge on any atom is 0.262 e. The van der Waals surface area contributed by atoms with Crippen molar-refractivity contribution in [3.8, 4) is 5.75 Å². The summed E-state index contributed by atoms with van der Waals surface area (Å²) >= 11 is 1.40. The molecule has 3 aromatic rings. The molecule has 28 heavy (non-hydrogen) atoms. The van der Waals surface area contributed by atoms with E-state index in [1.54, 1.807) is 18.2 Å². The highest BCUT2D eigenvalue weighted by atomic mass is 32.2. The fourth-order valence-corrected chi connectivity index (χ4v) is 3.15. The van der Waals surface area contributed by atoms with Crippen molar-refractivity contribution in [1.82, 2.24) is 0 Å². The van der Waals surface area contributed by atoms with Crippen molar-refractivity contribution in [2.45, 2.75) is 4.90 Å². The molecule has 2 N–H and O–H groups in total. The molecule has 0 saturated heterocycles. The summed E-state index contributed by atoms with van der Waals surface area (Å²) < 4.78 is 5.44. The largest absolute Gasteiger partial charge is 0.484 e. The van der Waals surface area contributed by atoms with E-state index >= 15 is 0 Å². The Morgan fingerprint density at radius 3 is 2.14 bits per heavy atom. The Hall–Kier alpha value is -3.25. The van der Waals surface area contributed by atoms with Gasteiger partial charge < -0.3 is 15.4 Å². The fraction of sp³-hybridized carbons (Fsp3) is 0.0909. The number of thioether (sulfide) groups is 1. The van der Waals surface area contributed by atoms with E-state index in [0.29, 0.717) is 11.4 Å². The van der Waals surface area contributed by atoms with Crippen LogP contribution in [0.25, 0.3) is 0 Å². The number of para-hydroxylation sites is 2. The number of anilines is 2. The van der Waals surface area contributed by atoms with Crippen LogP contribution in [0.3, 0.4) is 0 Å². The first-order valence-corrected chi connectivity index (χ1v) is 9.73. The van der Waals surface area contributed by atoms with Crippen LogP contribution >= 0.6 is 11.8 Å². The maximum atomic E-state index is 12.1. The molecule has 0 aliphatic rings. The van der Waals surface area contributed by atoms with Gasteiger partial charge in [0.15, 0.2) is 6.61 Å². The minimum absolute atomic E-state index is 0.0686. The first-order chi connectivity index (χ1) is 13.7. The quantitative estimate of drug-likeness (QED) is 0.557.